The van der Waals surface area contributed by atoms with Crippen LogP contribution in [0.5, 0.6) is 0 Å². The molecule has 30 heavy (non-hydrogen) atoms. The topological polar surface area (TPSA) is 31.4 Å². The van der Waals surface area contributed by atoms with Gasteiger partial charge in [-0.05, 0) is 73.6 Å². The molecule has 1 aliphatic heterocycles. The average Bonchev–Trinajstić information content (AvgIpc) is 3.08. The van der Waals surface area contributed by atoms with Crippen molar-refractivity contribution < 1.29 is 9.31 Å². The van der Waals surface area contributed by atoms with E-state index in [1.54, 1.807) is 0 Å². The van der Waals surface area contributed by atoms with Crippen molar-refractivity contribution in [1.29, 1.82) is 0 Å². The molecule has 2 aliphatic rings. The van der Waals surface area contributed by atoms with E-state index in [1.807, 2.05) is 18.3 Å². The van der Waals surface area contributed by atoms with E-state index in [4.69, 9.17) is 9.31 Å². The van der Waals surface area contributed by atoms with Crippen LogP contribution in [-0.4, -0.2) is 23.3 Å². The van der Waals surface area contributed by atoms with Crippen LogP contribution >= 0.6 is 0 Å². The Labute approximate surface area is 179 Å². The van der Waals surface area contributed by atoms with E-state index in [1.165, 1.54) is 22.3 Å². The fraction of sp³-hybridized carbons (Fsp3) is 0.346. The Morgan fingerprint density at radius 3 is 2.00 bits per heavy atom. The smallest absolute Gasteiger partial charge is 0.399 e. The molecule has 0 amide bonds. The van der Waals surface area contributed by atoms with E-state index in [9.17, 15) is 0 Å². The van der Waals surface area contributed by atoms with E-state index >= 15 is 0 Å². The molecule has 0 N–H and O–H groups in total. The molecule has 0 unspecified atom stereocenters. The summed E-state index contributed by atoms with van der Waals surface area (Å²) in [7, 11) is -0.344. The van der Waals surface area contributed by atoms with Crippen LogP contribution in [-0.2, 0) is 14.7 Å². The lowest BCUT2D eigenvalue weighted by Crippen LogP contribution is -2.41. The Balaban J connectivity index is 1.56. The maximum absolute atomic E-state index is 6.30. The number of pyridine rings is 1. The highest BCUT2D eigenvalue weighted by Gasteiger charge is 2.52. The van der Waals surface area contributed by atoms with Gasteiger partial charge in [0.2, 0.25) is 0 Å². The summed E-state index contributed by atoms with van der Waals surface area (Å²) < 4.78 is 12.6. The molecular weight excluding hydrogens is 369 g/mol. The lowest BCUT2D eigenvalue weighted by Gasteiger charge is -2.32. The summed E-state index contributed by atoms with van der Waals surface area (Å²) in [6.45, 7) is 13.0. The van der Waals surface area contributed by atoms with Crippen molar-refractivity contribution in [3.8, 4) is 22.4 Å². The molecule has 1 aliphatic carbocycles. The van der Waals surface area contributed by atoms with Crippen molar-refractivity contribution in [2.75, 3.05) is 0 Å². The summed E-state index contributed by atoms with van der Waals surface area (Å²) in [5.41, 5.74) is 7.71. The van der Waals surface area contributed by atoms with E-state index in [2.05, 4.69) is 89.0 Å². The minimum absolute atomic E-state index is 0.102. The molecule has 0 radical (unpaired) electrons. The summed E-state index contributed by atoms with van der Waals surface area (Å²) in [6, 6.07) is 19.4. The van der Waals surface area contributed by atoms with Crippen molar-refractivity contribution in [3.63, 3.8) is 0 Å². The Kier molecular flexibility index (Phi) is 4.09. The minimum atomic E-state index is -0.344. The van der Waals surface area contributed by atoms with Gasteiger partial charge in [-0.2, -0.15) is 0 Å². The largest absolute Gasteiger partial charge is 0.494 e. The Morgan fingerprint density at radius 2 is 1.37 bits per heavy atom. The minimum Gasteiger partial charge on any atom is -0.399 e. The molecule has 2 aromatic carbocycles. The lowest BCUT2D eigenvalue weighted by molar-refractivity contribution is 0.00578. The molecule has 0 saturated carbocycles. The van der Waals surface area contributed by atoms with Crippen molar-refractivity contribution in [2.45, 2.75) is 58.2 Å². The highest BCUT2D eigenvalue weighted by atomic mass is 16.7. The summed E-state index contributed by atoms with van der Waals surface area (Å²) in [5, 5.41) is 0. The number of rotatable bonds is 2. The van der Waals surface area contributed by atoms with Gasteiger partial charge in [0.1, 0.15) is 0 Å². The number of benzene rings is 2. The van der Waals surface area contributed by atoms with Crippen molar-refractivity contribution in [1.82, 2.24) is 4.98 Å². The molecular formula is C26H28BNO2. The van der Waals surface area contributed by atoms with E-state index in [0.717, 1.165) is 16.7 Å². The Hall–Kier alpha value is -2.43. The quantitative estimate of drug-likeness (QED) is 0.546. The molecule has 3 aromatic rings. The first-order valence-corrected chi connectivity index (χ1v) is 10.7. The summed E-state index contributed by atoms with van der Waals surface area (Å²) in [4.78, 5) is 4.53. The predicted molar refractivity (Wildman–Crippen MR) is 123 cm³/mol. The fourth-order valence-electron chi connectivity index (χ4n) is 4.57. The third kappa shape index (κ3) is 2.78. The van der Waals surface area contributed by atoms with Gasteiger partial charge in [-0.1, -0.05) is 50.2 Å². The second-order valence-corrected chi connectivity index (χ2v) is 9.99. The molecule has 1 aromatic heterocycles. The number of hydrogen-bond acceptors (Lipinski definition) is 3. The first-order valence-electron chi connectivity index (χ1n) is 10.7. The summed E-state index contributed by atoms with van der Waals surface area (Å²) in [5.74, 6) is 0. The van der Waals surface area contributed by atoms with E-state index < -0.39 is 0 Å². The maximum atomic E-state index is 6.30. The van der Waals surface area contributed by atoms with Crippen LogP contribution in [0.15, 0.2) is 60.8 Å². The maximum Gasteiger partial charge on any atom is 0.494 e. The van der Waals surface area contributed by atoms with Crippen molar-refractivity contribution in [3.05, 3.63) is 71.9 Å². The van der Waals surface area contributed by atoms with E-state index in [-0.39, 0.29) is 23.7 Å². The SMILES string of the molecule is CC1(C)c2cc(B3OC(C)(C)C(C)(C)O3)ccc2-c2ccc(-c3ccccn3)cc21. The number of hydrogen-bond donors (Lipinski definition) is 0. The van der Waals surface area contributed by atoms with Gasteiger partial charge in [0.25, 0.3) is 0 Å². The molecule has 0 bridgehead atoms. The zero-order chi connectivity index (χ0) is 21.3. The van der Waals surface area contributed by atoms with Gasteiger partial charge in [0.05, 0.1) is 16.9 Å². The Bertz CT molecular complexity index is 1120. The van der Waals surface area contributed by atoms with Gasteiger partial charge in [0, 0.05) is 17.2 Å². The van der Waals surface area contributed by atoms with Gasteiger partial charge in [0.15, 0.2) is 0 Å². The zero-order valence-electron chi connectivity index (χ0n) is 18.6. The predicted octanol–water partition coefficient (Wildman–Crippen LogP) is 5.35. The van der Waals surface area contributed by atoms with E-state index in [0.29, 0.717) is 0 Å². The normalized spacial score (nSPS) is 20.1. The molecule has 2 heterocycles. The summed E-state index contributed by atoms with van der Waals surface area (Å²) in [6.07, 6.45) is 1.85. The molecule has 152 valence electrons. The highest BCUT2D eigenvalue weighted by molar-refractivity contribution is 6.62. The molecule has 0 spiro atoms. The first-order chi connectivity index (χ1) is 14.1. The van der Waals surface area contributed by atoms with Crippen LogP contribution in [0.2, 0.25) is 0 Å². The standard InChI is InChI=1S/C26H28BNO2/c1-24(2)21-15-17(23-9-7-8-14-28-23)10-12-19(21)20-13-11-18(16-22(20)24)27-29-25(3,4)26(5,6)30-27/h7-16H,1-6H3. The van der Waals surface area contributed by atoms with Crippen LogP contribution in [0.4, 0.5) is 0 Å². The third-order valence-electron chi connectivity index (χ3n) is 7.19. The second kappa shape index (κ2) is 6.29. The van der Waals surface area contributed by atoms with Crippen LogP contribution < -0.4 is 5.46 Å². The van der Waals surface area contributed by atoms with Crippen LogP contribution in [0.3, 0.4) is 0 Å². The highest BCUT2D eigenvalue weighted by Crippen LogP contribution is 2.49. The monoisotopic (exact) mass is 397 g/mol. The van der Waals surface area contributed by atoms with Gasteiger partial charge in [-0.15, -0.1) is 0 Å². The first kappa shape index (κ1) is 19.5. The van der Waals surface area contributed by atoms with Crippen molar-refractivity contribution >= 4 is 12.6 Å². The second-order valence-electron chi connectivity index (χ2n) is 9.99. The lowest BCUT2D eigenvalue weighted by atomic mass is 9.74. The number of nitrogens with zero attached hydrogens (tertiary/aromatic N) is 1. The van der Waals surface area contributed by atoms with Gasteiger partial charge in [-0.25, -0.2) is 0 Å². The number of aromatic nitrogens is 1. The molecule has 4 heteroatoms. The Morgan fingerprint density at radius 1 is 0.733 bits per heavy atom. The van der Waals surface area contributed by atoms with Gasteiger partial charge >= 0.3 is 7.12 Å². The van der Waals surface area contributed by atoms with Crippen LogP contribution in [0, 0.1) is 0 Å². The van der Waals surface area contributed by atoms with Gasteiger partial charge < -0.3 is 9.31 Å². The average molecular weight is 397 g/mol. The molecule has 0 atom stereocenters. The van der Waals surface area contributed by atoms with Gasteiger partial charge in [-0.3, -0.25) is 4.98 Å². The molecule has 1 saturated heterocycles. The van der Waals surface area contributed by atoms with Crippen LogP contribution in [0.1, 0.15) is 52.7 Å². The van der Waals surface area contributed by atoms with Crippen LogP contribution in [0.25, 0.3) is 22.4 Å². The number of fused-ring (bicyclic) bond motifs is 3. The zero-order valence-corrected chi connectivity index (χ0v) is 18.6. The van der Waals surface area contributed by atoms with Crippen molar-refractivity contribution in [2.24, 2.45) is 0 Å². The molecule has 5 rings (SSSR count). The molecule has 3 nitrogen and oxygen atoms in total. The third-order valence-corrected chi connectivity index (χ3v) is 7.19. The molecule has 1 fully saturated rings. The summed E-state index contributed by atoms with van der Waals surface area (Å²) >= 11 is 0. The fourth-order valence-corrected chi connectivity index (χ4v) is 4.57.